The van der Waals surface area contributed by atoms with Crippen molar-refractivity contribution in [2.45, 2.75) is 27.1 Å². The van der Waals surface area contributed by atoms with Crippen molar-refractivity contribution in [3.8, 4) is 0 Å². The molecule has 0 spiro atoms. The molecule has 2 nitrogen and oxygen atoms in total. The van der Waals surface area contributed by atoms with Crippen molar-refractivity contribution in [3.05, 3.63) is 0 Å². The largest absolute Gasteiger partial charge is 0.831 e. The molecule has 1 aliphatic heterocycles. The lowest BCUT2D eigenvalue weighted by Crippen LogP contribution is -2.33. The van der Waals surface area contributed by atoms with Crippen LogP contribution in [0.1, 0.15) is 20.8 Å². The van der Waals surface area contributed by atoms with Crippen LogP contribution in [-0.4, -0.2) is 12.9 Å². The molecule has 2 heteroatoms. The predicted molar refractivity (Wildman–Crippen MR) is 32.7 cm³/mol. The molecular formula is C7H13O2-. The molecule has 1 rings (SSSR count). The zero-order valence-corrected chi connectivity index (χ0v) is 6.18. The fourth-order valence-corrected chi connectivity index (χ4v) is 0.941. The number of ether oxygens (including phenoxy) is 1. The molecule has 0 aliphatic carbocycles. The van der Waals surface area contributed by atoms with Crippen molar-refractivity contribution < 1.29 is 9.84 Å². The van der Waals surface area contributed by atoms with Gasteiger partial charge in [-0.3, -0.25) is 0 Å². The Morgan fingerprint density at radius 2 is 2.11 bits per heavy atom. The molecule has 1 aliphatic rings. The van der Waals surface area contributed by atoms with Crippen molar-refractivity contribution in [1.82, 2.24) is 0 Å². The number of hydrogen-bond acceptors (Lipinski definition) is 2. The first-order valence-electron chi connectivity index (χ1n) is 3.31. The fraction of sp³-hybridized carbons (Fsp3) is 1.00. The van der Waals surface area contributed by atoms with E-state index in [9.17, 15) is 5.11 Å². The third kappa shape index (κ3) is 1.10. The van der Waals surface area contributed by atoms with E-state index in [1.54, 1.807) is 0 Å². The van der Waals surface area contributed by atoms with E-state index >= 15 is 0 Å². The fourth-order valence-electron chi connectivity index (χ4n) is 0.941. The highest BCUT2D eigenvalue weighted by molar-refractivity contribution is 4.81. The Morgan fingerprint density at radius 3 is 2.22 bits per heavy atom. The highest BCUT2D eigenvalue weighted by atomic mass is 16.6. The summed E-state index contributed by atoms with van der Waals surface area (Å²) in [4.78, 5) is 0. The predicted octanol–water partition coefficient (Wildman–Crippen LogP) is 0.365. The Bertz CT molecular complexity index is 109. The molecule has 0 bridgehead atoms. The van der Waals surface area contributed by atoms with Crippen molar-refractivity contribution in [2.75, 3.05) is 6.61 Å². The van der Waals surface area contributed by atoms with Gasteiger partial charge >= 0.3 is 0 Å². The summed E-state index contributed by atoms with van der Waals surface area (Å²) in [7, 11) is 0. The van der Waals surface area contributed by atoms with Gasteiger partial charge in [0.1, 0.15) is 0 Å². The SMILES string of the molecule is CC1C([O-])OCC1(C)C. The van der Waals surface area contributed by atoms with Crippen molar-refractivity contribution in [2.24, 2.45) is 11.3 Å². The second kappa shape index (κ2) is 1.96. The molecule has 2 atom stereocenters. The van der Waals surface area contributed by atoms with Gasteiger partial charge in [0, 0.05) is 0 Å². The molecule has 1 fully saturated rings. The van der Waals surface area contributed by atoms with Crippen molar-refractivity contribution >= 4 is 0 Å². The Kier molecular flexibility index (Phi) is 1.53. The zero-order chi connectivity index (χ0) is 7.07. The summed E-state index contributed by atoms with van der Waals surface area (Å²) in [6, 6.07) is 0. The molecule has 1 heterocycles. The lowest BCUT2D eigenvalue weighted by atomic mass is 9.83. The van der Waals surface area contributed by atoms with Gasteiger partial charge in [-0.1, -0.05) is 20.8 Å². The lowest BCUT2D eigenvalue weighted by Gasteiger charge is -2.26. The maximum absolute atomic E-state index is 10.9. The third-order valence-corrected chi connectivity index (χ3v) is 2.26. The Labute approximate surface area is 55.8 Å². The standard InChI is InChI=1S/C7H13O2/c1-5-6(8)9-4-7(5,2)3/h5-6H,4H2,1-3H3/q-1. The molecule has 54 valence electrons. The van der Waals surface area contributed by atoms with Crippen LogP contribution in [0.15, 0.2) is 0 Å². The summed E-state index contributed by atoms with van der Waals surface area (Å²) in [5.41, 5.74) is 0.0897. The van der Waals surface area contributed by atoms with Crippen LogP contribution in [0.2, 0.25) is 0 Å². The minimum Gasteiger partial charge on any atom is -0.831 e. The van der Waals surface area contributed by atoms with E-state index in [-0.39, 0.29) is 11.3 Å². The molecule has 0 saturated carbocycles. The summed E-state index contributed by atoms with van der Waals surface area (Å²) in [6.07, 6.45) is -0.792. The second-order valence-electron chi connectivity index (χ2n) is 3.46. The van der Waals surface area contributed by atoms with Crippen LogP contribution in [-0.2, 0) is 4.74 Å². The first-order valence-corrected chi connectivity index (χ1v) is 3.31. The normalized spacial score (nSPS) is 41.3. The number of rotatable bonds is 0. The van der Waals surface area contributed by atoms with E-state index in [4.69, 9.17) is 4.74 Å². The van der Waals surface area contributed by atoms with Crippen LogP contribution in [0.25, 0.3) is 0 Å². The molecule has 0 amide bonds. The summed E-state index contributed by atoms with van der Waals surface area (Å²) in [5, 5.41) is 10.9. The molecule has 0 N–H and O–H groups in total. The maximum Gasteiger partial charge on any atom is 0.0505 e. The van der Waals surface area contributed by atoms with E-state index < -0.39 is 6.29 Å². The molecule has 0 radical (unpaired) electrons. The van der Waals surface area contributed by atoms with Gasteiger partial charge in [-0.05, 0) is 17.6 Å². The van der Waals surface area contributed by atoms with Gasteiger partial charge in [0.25, 0.3) is 0 Å². The minimum absolute atomic E-state index is 0.0897. The van der Waals surface area contributed by atoms with Gasteiger partial charge in [-0.15, -0.1) is 0 Å². The first-order chi connectivity index (χ1) is 4.04. The van der Waals surface area contributed by atoms with Gasteiger partial charge in [-0.2, -0.15) is 0 Å². The monoisotopic (exact) mass is 129 g/mol. The van der Waals surface area contributed by atoms with Crippen molar-refractivity contribution in [3.63, 3.8) is 0 Å². The molecule has 2 unspecified atom stereocenters. The van der Waals surface area contributed by atoms with E-state index in [1.807, 2.05) is 6.92 Å². The smallest absolute Gasteiger partial charge is 0.0505 e. The van der Waals surface area contributed by atoms with Gasteiger partial charge in [-0.25, -0.2) is 0 Å². The lowest BCUT2D eigenvalue weighted by molar-refractivity contribution is -0.491. The molecular weight excluding hydrogens is 116 g/mol. The Morgan fingerprint density at radius 1 is 1.56 bits per heavy atom. The van der Waals surface area contributed by atoms with Crippen LogP contribution in [0.5, 0.6) is 0 Å². The summed E-state index contributed by atoms with van der Waals surface area (Å²) < 4.78 is 4.92. The average molecular weight is 129 g/mol. The molecule has 9 heavy (non-hydrogen) atoms. The molecule has 0 aromatic heterocycles. The second-order valence-corrected chi connectivity index (χ2v) is 3.46. The Balaban J connectivity index is 2.62. The van der Waals surface area contributed by atoms with E-state index in [1.165, 1.54) is 0 Å². The number of hydrogen-bond donors (Lipinski definition) is 0. The van der Waals surface area contributed by atoms with Gasteiger partial charge < -0.3 is 9.84 Å². The first kappa shape index (κ1) is 7.03. The quantitative estimate of drug-likeness (QED) is 0.473. The van der Waals surface area contributed by atoms with Crippen LogP contribution < -0.4 is 5.11 Å². The van der Waals surface area contributed by atoms with Crippen molar-refractivity contribution in [1.29, 1.82) is 0 Å². The maximum atomic E-state index is 10.9. The van der Waals surface area contributed by atoms with E-state index in [2.05, 4.69) is 13.8 Å². The average Bonchev–Trinajstić information content (AvgIpc) is 1.97. The van der Waals surface area contributed by atoms with Crippen LogP contribution in [0.3, 0.4) is 0 Å². The molecule has 0 aromatic rings. The third-order valence-electron chi connectivity index (χ3n) is 2.26. The van der Waals surface area contributed by atoms with Crippen LogP contribution in [0, 0.1) is 11.3 Å². The molecule has 1 saturated heterocycles. The van der Waals surface area contributed by atoms with E-state index in [0.29, 0.717) is 6.61 Å². The minimum atomic E-state index is -0.792. The molecule has 0 aromatic carbocycles. The van der Waals surface area contributed by atoms with Gasteiger partial charge in [0.05, 0.1) is 6.61 Å². The van der Waals surface area contributed by atoms with Crippen LogP contribution in [0.4, 0.5) is 0 Å². The highest BCUT2D eigenvalue weighted by Crippen LogP contribution is 2.34. The van der Waals surface area contributed by atoms with Gasteiger partial charge in [0.2, 0.25) is 0 Å². The van der Waals surface area contributed by atoms with Crippen LogP contribution >= 0.6 is 0 Å². The Hall–Kier alpha value is -0.0800. The summed E-state index contributed by atoms with van der Waals surface area (Å²) in [6.45, 7) is 6.69. The van der Waals surface area contributed by atoms with E-state index in [0.717, 1.165) is 0 Å². The zero-order valence-electron chi connectivity index (χ0n) is 6.18. The summed E-state index contributed by atoms with van der Waals surface area (Å²) >= 11 is 0. The van der Waals surface area contributed by atoms with Gasteiger partial charge in [0.15, 0.2) is 0 Å². The highest BCUT2D eigenvalue weighted by Gasteiger charge is 2.34. The topological polar surface area (TPSA) is 32.3 Å². The summed E-state index contributed by atoms with van der Waals surface area (Å²) in [5.74, 6) is 0.150.